The van der Waals surface area contributed by atoms with Crippen LogP contribution in [0.2, 0.25) is 0 Å². The van der Waals surface area contributed by atoms with Gasteiger partial charge in [-0.2, -0.15) is 0 Å². The number of allylic oxidation sites excluding steroid dienone is 4. The zero-order valence-electron chi connectivity index (χ0n) is 15.2. The number of carbonyl (C=O) groups excluding carboxylic acids is 1. The molecule has 1 unspecified atom stereocenters. The molecule has 25 heavy (non-hydrogen) atoms. The number of hydrogen-bond donors (Lipinski definition) is 0. The molecule has 0 N–H and O–H groups in total. The van der Waals surface area contributed by atoms with E-state index in [1.807, 2.05) is 25.4 Å². The van der Waals surface area contributed by atoms with Crippen LogP contribution in [0.15, 0.2) is 48.2 Å². The van der Waals surface area contributed by atoms with Crippen LogP contribution < -0.4 is 9.92 Å². The number of ether oxygens (including phenoxy) is 1. The highest BCUT2D eigenvalue weighted by Gasteiger charge is 2.42. The van der Waals surface area contributed by atoms with E-state index in [9.17, 15) is 4.79 Å². The van der Waals surface area contributed by atoms with E-state index < -0.39 is 0 Å². The number of hydrogen-bond acceptors (Lipinski definition) is 2. The van der Waals surface area contributed by atoms with E-state index in [4.69, 9.17) is 4.74 Å². The van der Waals surface area contributed by atoms with Crippen LogP contribution in [-0.2, 0) is 4.79 Å². The normalized spacial score (nSPS) is 25.5. The molecular weight excluding hydrogens is 326 g/mol. The van der Waals surface area contributed by atoms with Gasteiger partial charge in [0.25, 0.3) is 5.91 Å². The Morgan fingerprint density at radius 2 is 2.08 bits per heavy atom. The van der Waals surface area contributed by atoms with Gasteiger partial charge in [0.2, 0.25) is 0 Å². The average molecular weight is 352 g/mol. The predicted octanol–water partition coefficient (Wildman–Crippen LogP) is 2.17. The van der Waals surface area contributed by atoms with Gasteiger partial charge < -0.3 is 9.64 Å². The Balaban J connectivity index is 1.74. The van der Waals surface area contributed by atoms with Crippen LogP contribution in [-0.4, -0.2) is 34.7 Å². The minimum Gasteiger partial charge on any atom is -0.493 e. The van der Waals surface area contributed by atoms with Crippen LogP contribution in [0.3, 0.4) is 0 Å². The van der Waals surface area contributed by atoms with E-state index in [1.54, 1.807) is 4.90 Å². The van der Waals surface area contributed by atoms with Crippen molar-refractivity contribution in [3.8, 4) is 5.75 Å². The molecule has 4 heteroatoms. The van der Waals surface area contributed by atoms with Gasteiger partial charge in [-0.1, -0.05) is 36.4 Å². The fourth-order valence-corrected chi connectivity index (χ4v) is 4.38. The van der Waals surface area contributed by atoms with E-state index in [2.05, 4.69) is 31.2 Å². The van der Waals surface area contributed by atoms with Crippen LogP contribution in [0.4, 0.5) is 0 Å². The molecule has 4 rings (SSSR count). The first-order valence-electron chi connectivity index (χ1n) is 9.09. The van der Waals surface area contributed by atoms with E-state index >= 15 is 0 Å². The number of nitrogens with zero attached hydrogens (tertiary/aromatic N) is 1. The lowest BCUT2D eigenvalue weighted by atomic mass is 9.67. The van der Waals surface area contributed by atoms with Crippen LogP contribution in [0.25, 0.3) is 5.57 Å². The molecule has 1 saturated carbocycles. The second-order valence-electron chi connectivity index (χ2n) is 7.79. The topological polar surface area (TPSA) is 29.5 Å². The number of benzene rings is 1. The van der Waals surface area contributed by atoms with Gasteiger partial charge >= 0.3 is 0 Å². The minimum atomic E-state index is -0.262. The summed E-state index contributed by atoms with van der Waals surface area (Å²) in [6.45, 7) is 3.01. The van der Waals surface area contributed by atoms with Gasteiger partial charge in [-0.25, -0.2) is 0 Å². The Morgan fingerprint density at radius 1 is 1.28 bits per heavy atom. The maximum absolute atomic E-state index is 12.6. The van der Waals surface area contributed by atoms with Crippen molar-refractivity contribution in [2.45, 2.75) is 26.2 Å². The van der Waals surface area contributed by atoms with Gasteiger partial charge in [-0.3, -0.25) is 4.79 Å². The second-order valence-corrected chi connectivity index (χ2v) is 8.95. The summed E-state index contributed by atoms with van der Waals surface area (Å²) in [6.07, 6.45) is 11.6. The molecular formula is C21H25NO2Si. The third kappa shape index (κ3) is 2.99. The molecule has 1 aromatic rings. The lowest BCUT2D eigenvalue weighted by molar-refractivity contribution is -0.125. The van der Waals surface area contributed by atoms with Gasteiger partial charge in [-0.15, -0.1) is 0 Å². The SMILES string of the molecule is CN1C=C(c2cc([SiH3])cc(OCC3CC3)c2)C2(C)CC=CC=C2C1=O. The average Bonchev–Trinajstić information content (AvgIpc) is 3.40. The molecule has 2 aliphatic carbocycles. The smallest absolute Gasteiger partial charge is 0.254 e. The molecule has 0 radical (unpaired) electrons. The predicted molar refractivity (Wildman–Crippen MR) is 105 cm³/mol. The number of carbonyl (C=O) groups is 1. The highest BCUT2D eigenvalue weighted by molar-refractivity contribution is 6.32. The third-order valence-electron chi connectivity index (χ3n) is 5.53. The first-order valence-corrected chi connectivity index (χ1v) is 10.1. The van der Waals surface area contributed by atoms with Gasteiger partial charge in [0.15, 0.2) is 0 Å². The molecule has 0 bridgehead atoms. The van der Waals surface area contributed by atoms with E-state index in [0.29, 0.717) is 0 Å². The van der Waals surface area contributed by atoms with Crippen LogP contribution in [0, 0.1) is 11.3 Å². The maximum Gasteiger partial charge on any atom is 0.254 e. The highest BCUT2D eigenvalue weighted by Crippen LogP contribution is 2.49. The Kier molecular flexibility index (Phi) is 3.95. The zero-order chi connectivity index (χ0) is 17.6. The molecule has 3 nitrogen and oxygen atoms in total. The van der Waals surface area contributed by atoms with Crippen molar-refractivity contribution in [3.05, 3.63) is 53.8 Å². The van der Waals surface area contributed by atoms with E-state index in [0.717, 1.165) is 40.5 Å². The Labute approximate surface area is 152 Å². The summed E-state index contributed by atoms with van der Waals surface area (Å²) in [7, 11) is 2.82. The summed E-state index contributed by atoms with van der Waals surface area (Å²) < 4.78 is 6.05. The van der Waals surface area contributed by atoms with Crippen LogP contribution >= 0.6 is 0 Å². The first kappa shape index (κ1) is 16.4. The molecule has 1 atom stereocenters. The summed E-state index contributed by atoms with van der Waals surface area (Å²) in [5, 5.41) is 1.32. The summed E-state index contributed by atoms with van der Waals surface area (Å²) in [6, 6.07) is 6.57. The van der Waals surface area contributed by atoms with Crippen molar-refractivity contribution < 1.29 is 9.53 Å². The van der Waals surface area contributed by atoms with E-state index in [1.165, 1.54) is 29.2 Å². The lowest BCUT2D eigenvalue weighted by Gasteiger charge is -2.41. The monoisotopic (exact) mass is 351 g/mol. The van der Waals surface area contributed by atoms with Gasteiger partial charge in [0, 0.05) is 34.5 Å². The third-order valence-corrected chi connectivity index (χ3v) is 6.11. The molecule has 0 saturated heterocycles. The van der Waals surface area contributed by atoms with Gasteiger partial charge in [-0.05, 0) is 48.4 Å². The fourth-order valence-electron chi connectivity index (χ4n) is 3.79. The number of likely N-dealkylation sites (N-methyl/N-ethyl adjacent to an activating group) is 1. The van der Waals surface area contributed by atoms with Crippen molar-refractivity contribution >= 4 is 26.9 Å². The van der Waals surface area contributed by atoms with Crippen molar-refractivity contribution in [3.63, 3.8) is 0 Å². The number of rotatable bonds is 4. The Bertz CT molecular complexity index is 819. The fraction of sp³-hybridized carbons (Fsp3) is 0.381. The zero-order valence-corrected chi connectivity index (χ0v) is 17.2. The standard InChI is InChI=1S/C21H25NO2Si/c1-21-8-4-3-5-18(21)20(23)22(2)12-19(21)15-9-16(11-17(25)10-15)24-13-14-6-7-14/h3-5,9-12,14H,6-8,13H2,1-2,25H3. The highest BCUT2D eigenvalue weighted by atomic mass is 28.1. The van der Waals surface area contributed by atoms with Gasteiger partial charge in [0.1, 0.15) is 5.75 Å². The molecule has 0 spiro atoms. The number of amides is 1. The summed E-state index contributed by atoms with van der Waals surface area (Å²) >= 11 is 0. The second kappa shape index (κ2) is 6.02. The molecule has 1 aromatic carbocycles. The van der Waals surface area contributed by atoms with E-state index in [-0.39, 0.29) is 11.3 Å². The maximum atomic E-state index is 12.6. The lowest BCUT2D eigenvalue weighted by Crippen LogP contribution is -2.39. The van der Waals surface area contributed by atoms with Crippen LogP contribution in [0.1, 0.15) is 31.7 Å². The Morgan fingerprint density at radius 3 is 2.84 bits per heavy atom. The molecule has 1 fully saturated rings. The number of fused-ring (bicyclic) bond motifs is 1. The quantitative estimate of drug-likeness (QED) is 0.778. The van der Waals surface area contributed by atoms with Crippen molar-refractivity contribution in [2.75, 3.05) is 13.7 Å². The molecule has 1 aliphatic heterocycles. The Hall–Kier alpha value is -2.07. The van der Waals surface area contributed by atoms with Crippen molar-refractivity contribution in [1.82, 2.24) is 4.90 Å². The molecule has 130 valence electrons. The molecule has 3 aliphatic rings. The largest absolute Gasteiger partial charge is 0.493 e. The first-order chi connectivity index (χ1) is 12.0. The summed E-state index contributed by atoms with van der Waals surface area (Å²) in [5.74, 6) is 1.81. The molecule has 0 aromatic heterocycles. The summed E-state index contributed by atoms with van der Waals surface area (Å²) in [4.78, 5) is 14.3. The van der Waals surface area contributed by atoms with Crippen molar-refractivity contribution in [2.24, 2.45) is 11.3 Å². The van der Waals surface area contributed by atoms with Gasteiger partial charge in [0.05, 0.1) is 6.61 Å². The molecule has 1 amide bonds. The van der Waals surface area contributed by atoms with Crippen LogP contribution in [0.5, 0.6) is 5.75 Å². The minimum absolute atomic E-state index is 0.0998. The van der Waals surface area contributed by atoms with Crippen molar-refractivity contribution in [1.29, 1.82) is 0 Å². The summed E-state index contributed by atoms with van der Waals surface area (Å²) in [5.41, 5.74) is 3.01. The molecule has 1 heterocycles.